The Morgan fingerprint density at radius 1 is 1.02 bits per heavy atom. The predicted octanol–water partition coefficient (Wildman–Crippen LogP) is 4.39. The van der Waals surface area contributed by atoms with Crippen molar-refractivity contribution in [2.24, 2.45) is 4.99 Å². The first kappa shape index (κ1) is 29.9. The average molecular weight is 581 g/mol. The maximum absolute atomic E-state index is 14.1. The molecular weight excluding hydrogens is 544 g/mol. The Morgan fingerprint density at radius 2 is 1.73 bits per heavy atom. The highest BCUT2D eigenvalue weighted by molar-refractivity contribution is 7.07. The molecule has 1 aliphatic rings. The van der Waals surface area contributed by atoms with Gasteiger partial charge in [0.05, 0.1) is 54.9 Å². The van der Waals surface area contributed by atoms with Crippen LogP contribution in [0.1, 0.15) is 58.7 Å². The number of benzene rings is 2. The molecule has 0 bridgehead atoms. The number of rotatable bonds is 10. The summed E-state index contributed by atoms with van der Waals surface area (Å²) in [6, 6.07) is 10.1. The van der Waals surface area contributed by atoms with Gasteiger partial charge in [-0.05, 0) is 71.4 Å². The van der Waals surface area contributed by atoms with Crippen LogP contribution in [0.15, 0.2) is 57.5 Å². The minimum absolute atomic E-state index is 0.0640. The Labute approximate surface area is 243 Å². The molecule has 1 aliphatic heterocycles. The van der Waals surface area contributed by atoms with Gasteiger partial charge in [-0.15, -0.1) is 0 Å². The number of fused-ring (bicyclic) bond motifs is 1. The summed E-state index contributed by atoms with van der Waals surface area (Å²) in [5.74, 6) is 1.63. The van der Waals surface area contributed by atoms with Gasteiger partial charge in [-0.1, -0.05) is 29.5 Å². The van der Waals surface area contributed by atoms with Crippen LogP contribution in [0.4, 0.5) is 0 Å². The van der Waals surface area contributed by atoms with Crippen molar-refractivity contribution in [2.45, 2.75) is 59.8 Å². The molecule has 3 aromatic rings. The summed E-state index contributed by atoms with van der Waals surface area (Å²) in [5.41, 5.74) is 1.82. The van der Waals surface area contributed by atoms with Gasteiger partial charge >= 0.3 is 5.97 Å². The molecule has 0 radical (unpaired) electrons. The van der Waals surface area contributed by atoms with Crippen LogP contribution in [0.2, 0.25) is 0 Å². The van der Waals surface area contributed by atoms with Gasteiger partial charge in [0.2, 0.25) is 0 Å². The smallest absolute Gasteiger partial charge is 0.338 e. The van der Waals surface area contributed by atoms with Gasteiger partial charge in [0.25, 0.3) is 5.56 Å². The Kier molecular flexibility index (Phi) is 9.22. The third-order valence-corrected chi connectivity index (χ3v) is 7.24. The van der Waals surface area contributed by atoms with Gasteiger partial charge in [-0.3, -0.25) is 9.36 Å². The maximum Gasteiger partial charge on any atom is 0.338 e. The van der Waals surface area contributed by atoms with Gasteiger partial charge in [-0.2, -0.15) is 0 Å². The monoisotopic (exact) mass is 580 g/mol. The number of ether oxygens (including phenoxy) is 5. The molecule has 1 aromatic heterocycles. The third kappa shape index (κ3) is 6.17. The van der Waals surface area contributed by atoms with Gasteiger partial charge in [0, 0.05) is 5.56 Å². The summed E-state index contributed by atoms with van der Waals surface area (Å²) in [6.45, 7) is 11.4. The Bertz CT molecular complexity index is 1650. The van der Waals surface area contributed by atoms with Gasteiger partial charge in [0.1, 0.15) is 0 Å². The summed E-state index contributed by atoms with van der Waals surface area (Å²) in [4.78, 5) is 32.4. The number of hydrogen-bond donors (Lipinski definition) is 0. The molecule has 0 spiro atoms. The summed E-state index contributed by atoms with van der Waals surface area (Å²) >= 11 is 1.24. The number of para-hydroxylation sites is 1. The van der Waals surface area contributed by atoms with E-state index in [1.165, 1.54) is 15.9 Å². The molecule has 4 rings (SSSR count). The van der Waals surface area contributed by atoms with Crippen molar-refractivity contribution in [3.63, 3.8) is 0 Å². The molecule has 9 nitrogen and oxygen atoms in total. The molecule has 0 saturated heterocycles. The van der Waals surface area contributed by atoms with Crippen LogP contribution in [0.25, 0.3) is 6.08 Å². The number of esters is 1. The van der Waals surface area contributed by atoms with E-state index in [2.05, 4.69) is 4.99 Å². The highest BCUT2D eigenvalue weighted by Crippen LogP contribution is 2.37. The first-order valence-electron chi connectivity index (χ1n) is 13.5. The van der Waals surface area contributed by atoms with E-state index in [1.807, 2.05) is 52.0 Å². The molecule has 1 atom stereocenters. The number of allylic oxidation sites excluding steroid dienone is 1. The average Bonchev–Trinajstić information content (AvgIpc) is 3.22. The van der Waals surface area contributed by atoms with E-state index in [0.29, 0.717) is 49.2 Å². The lowest BCUT2D eigenvalue weighted by atomic mass is 9.95. The van der Waals surface area contributed by atoms with E-state index in [9.17, 15) is 9.59 Å². The van der Waals surface area contributed by atoms with Crippen molar-refractivity contribution < 1.29 is 28.5 Å². The van der Waals surface area contributed by atoms with E-state index >= 15 is 0 Å². The van der Waals surface area contributed by atoms with E-state index < -0.39 is 12.0 Å². The quantitative estimate of drug-likeness (QED) is 0.328. The summed E-state index contributed by atoms with van der Waals surface area (Å²) in [5, 5.41) is 0. The minimum atomic E-state index is -0.786. The molecule has 2 aromatic carbocycles. The Hall–Kier alpha value is -4.05. The van der Waals surface area contributed by atoms with Crippen molar-refractivity contribution in [3.8, 4) is 23.0 Å². The third-order valence-electron chi connectivity index (χ3n) is 6.25. The fourth-order valence-corrected chi connectivity index (χ4v) is 5.66. The zero-order chi connectivity index (χ0) is 29.8. The number of thiazole rings is 1. The number of aromatic nitrogens is 1. The maximum atomic E-state index is 14.1. The topological polar surface area (TPSA) is 97.6 Å². The fraction of sp³-hybridized carbons (Fsp3) is 0.387. The van der Waals surface area contributed by atoms with Gasteiger partial charge in [-0.25, -0.2) is 9.79 Å². The zero-order valence-corrected chi connectivity index (χ0v) is 25.5. The van der Waals surface area contributed by atoms with Crippen molar-refractivity contribution in [3.05, 3.63) is 78.5 Å². The molecule has 0 saturated carbocycles. The first-order valence-corrected chi connectivity index (χ1v) is 14.3. The summed E-state index contributed by atoms with van der Waals surface area (Å²) < 4.78 is 30.5. The molecule has 41 heavy (non-hydrogen) atoms. The van der Waals surface area contributed by atoms with Crippen LogP contribution in [-0.4, -0.2) is 43.6 Å². The zero-order valence-electron chi connectivity index (χ0n) is 24.6. The molecule has 10 heteroatoms. The number of nitrogens with zero attached hydrogens (tertiary/aromatic N) is 2. The predicted molar refractivity (Wildman–Crippen MR) is 158 cm³/mol. The van der Waals surface area contributed by atoms with Crippen molar-refractivity contribution >= 4 is 23.4 Å². The van der Waals surface area contributed by atoms with Gasteiger partial charge in [0.15, 0.2) is 27.8 Å². The van der Waals surface area contributed by atoms with Crippen LogP contribution in [0.3, 0.4) is 0 Å². The second-order valence-corrected chi connectivity index (χ2v) is 10.9. The molecule has 0 fully saturated rings. The standard InChI is InChI=1S/C31H36N2O7S/c1-9-38-30(35)26-19(6)32-31-33(27(26)20-13-14-22(39-17(2)3)24(15-20)37-8)29(34)25(41-31)16-21-11-10-12-23(36-7)28(21)40-18(4)5/h10-18,27H,9H2,1-8H3/b25-16+/t27-/m0/s1. The minimum Gasteiger partial charge on any atom is -0.493 e. The normalized spacial score (nSPS) is 15.1. The lowest BCUT2D eigenvalue weighted by Gasteiger charge is -2.25. The Balaban J connectivity index is 1.96. The van der Waals surface area contributed by atoms with Crippen molar-refractivity contribution in [1.82, 2.24) is 4.57 Å². The highest BCUT2D eigenvalue weighted by Gasteiger charge is 2.34. The van der Waals surface area contributed by atoms with Crippen LogP contribution in [-0.2, 0) is 9.53 Å². The van der Waals surface area contributed by atoms with E-state index in [-0.39, 0.29) is 29.9 Å². The molecule has 0 amide bonds. The van der Waals surface area contributed by atoms with Gasteiger partial charge < -0.3 is 23.7 Å². The second kappa shape index (κ2) is 12.6. The molecule has 0 N–H and O–H groups in total. The number of carbonyl (C=O) groups excluding carboxylic acids is 1. The fourth-order valence-electron chi connectivity index (χ4n) is 4.62. The second-order valence-electron chi connectivity index (χ2n) is 9.92. The molecule has 0 aliphatic carbocycles. The van der Waals surface area contributed by atoms with E-state index in [0.717, 1.165) is 0 Å². The molecule has 2 heterocycles. The number of carbonyl (C=O) groups is 1. The first-order chi connectivity index (χ1) is 19.6. The van der Waals surface area contributed by atoms with Crippen LogP contribution >= 0.6 is 11.3 Å². The van der Waals surface area contributed by atoms with Crippen LogP contribution in [0.5, 0.6) is 23.0 Å². The molecule has 218 valence electrons. The molecular formula is C31H36N2O7S. The number of hydrogen-bond acceptors (Lipinski definition) is 9. The van der Waals surface area contributed by atoms with Crippen LogP contribution in [0, 0.1) is 0 Å². The van der Waals surface area contributed by atoms with Crippen molar-refractivity contribution in [2.75, 3.05) is 20.8 Å². The lowest BCUT2D eigenvalue weighted by Crippen LogP contribution is -2.40. The lowest BCUT2D eigenvalue weighted by molar-refractivity contribution is -0.139. The van der Waals surface area contributed by atoms with E-state index in [4.69, 9.17) is 23.7 Å². The Morgan fingerprint density at radius 3 is 2.37 bits per heavy atom. The molecule has 0 unspecified atom stereocenters. The highest BCUT2D eigenvalue weighted by atomic mass is 32.1. The van der Waals surface area contributed by atoms with Crippen molar-refractivity contribution in [1.29, 1.82) is 0 Å². The summed E-state index contributed by atoms with van der Waals surface area (Å²) in [7, 11) is 3.13. The van der Waals surface area contributed by atoms with E-state index in [1.54, 1.807) is 46.3 Å². The SMILES string of the molecule is CCOC(=O)C1=C(C)N=c2s/c(=C/c3cccc(OC)c3OC(C)C)c(=O)n2[C@H]1c1ccc(OC(C)C)c(OC)c1. The van der Waals surface area contributed by atoms with Crippen LogP contribution < -0.4 is 33.8 Å². The number of methoxy groups -OCH3 is 2. The largest absolute Gasteiger partial charge is 0.493 e. The summed E-state index contributed by atoms with van der Waals surface area (Å²) in [6.07, 6.45) is 1.60.